The molecule has 7 nitrogen and oxygen atoms in total. The van der Waals surface area contributed by atoms with Crippen LogP contribution in [0.25, 0.3) is 0 Å². The van der Waals surface area contributed by atoms with E-state index in [2.05, 4.69) is 5.32 Å². The molecular weight excluding hydrogens is 689 g/mol. The molecule has 0 unspecified atom stereocenters. The summed E-state index contributed by atoms with van der Waals surface area (Å²) in [6.45, 7) is 1.16. The number of amides is 2. The molecule has 0 saturated heterocycles. The third-order valence-electron chi connectivity index (χ3n) is 8.63. The zero-order chi connectivity index (χ0) is 34.3. The quantitative estimate of drug-likeness (QED) is 0.159. The summed E-state index contributed by atoms with van der Waals surface area (Å²) in [5.74, 6) is -0.892. The lowest BCUT2D eigenvalue weighted by Gasteiger charge is -2.35. The van der Waals surface area contributed by atoms with E-state index in [-0.39, 0.29) is 35.5 Å². The average Bonchev–Trinajstić information content (AvgIpc) is 3.08. The molecule has 0 aromatic heterocycles. The highest BCUT2D eigenvalue weighted by Crippen LogP contribution is 2.30. The molecule has 5 rings (SSSR count). The minimum Gasteiger partial charge on any atom is -0.352 e. The number of hydrogen-bond donors (Lipinski definition) is 1. The Morgan fingerprint density at radius 3 is 2.15 bits per heavy atom. The highest BCUT2D eigenvalue weighted by Gasteiger charge is 2.36. The second-order valence-corrected chi connectivity index (χ2v) is 15.2. The van der Waals surface area contributed by atoms with Crippen LogP contribution in [0.2, 0.25) is 15.1 Å². The Kier molecular flexibility index (Phi) is 12.1. The van der Waals surface area contributed by atoms with Crippen molar-refractivity contribution in [2.45, 2.75) is 69.0 Å². The van der Waals surface area contributed by atoms with Gasteiger partial charge in [-0.25, -0.2) is 8.42 Å². The molecule has 4 aromatic rings. The largest absolute Gasteiger partial charge is 0.352 e. The normalized spacial score (nSPS) is 14.2. The molecule has 48 heavy (non-hydrogen) atoms. The number of halogens is 3. The van der Waals surface area contributed by atoms with Crippen LogP contribution in [0.4, 0.5) is 5.69 Å². The van der Waals surface area contributed by atoms with Crippen LogP contribution in [0.15, 0.2) is 102 Å². The number of hydrogen-bond acceptors (Lipinski definition) is 4. The van der Waals surface area contributed by atoms with Gasteiger partial charge in [0.25, 0.3) is 10.0 Å². The molecule has 4 aromatic carbocycles. The van der Waals surface area contributed by atoms with Gasteiger partial charge in [0.15, 0.2) is 0 Å². The smallest absolute Gasteiger partial charge is 0.264 e. The van der Waals surface area contributed by atoms with Crippen molar-refractivity contribution in [3.8, 4) is 0 Å². The monoisotopic (exact) mass is 725 g/mol. The first-order valence-electron chi connectivity index (χ1n) is 15.9. The van der Waals surface area contributed by atoms with Crippen molar-refractivity contribution in [3.63, 3.8) is 0 Å². The van der Waals surface area contributed by atoms with Gasteiger partial charge < -0.3 is 10.2 Å². The minimum absolute atomic E-state index is 0.00903. The van der Waals surface area contributed by atoms with E-state index in [1.54, 1.807) is 48.5 Å². The molecule has 0 aliphatic heterocycles. The van der Waals surface area contributed by atoms with Crippen molar-refractivity contribution >= 4 is 62.3 Å². The number of nitrogens with zero attached hydrogens (tertiary/aromatic N) is 2. The van der Waals surface area contributed by atoms with E-state index >= 15 is 0 Å². The van der Waals surface area contributed by atoms with Gasteiger partial charge in [0.1, 0.15) is 12.6 Å². The molecule has 1 aliphatic carbocycles. The molecule has 1 saturated carbocycles. The zero-order valence-corrected chi connectivity index (χ0v) is 29.7. The van der Waals surface area contributed by atoms with E-state index in [0.717, 1.165) is 47.5 Å². The summed E-state index contributed by atoms with van der Waals surface area (Å²) >= 11 is 19.3. The lowest BCUT2D eigenvalue weighted by Crippen LogP contribution is -2.55. The molecule has 1 N–H and O–H groups in total. The molecule has 0 radical (unpaired) electrons. The maximum atomic E-state index is 14.7. The average molecular weight is 727 g/mol. The van der Waals surface area contributed by atoms with Gasteiger partial charge in [-0.2, -0.15) is 0 Å². The Hall–Kier alpha value is -3.56. The number of benzene rings is 4. The summed E-state index contributed by atoms with van der Waals surface area (Å²) < 4.78 is 29.4. The highest BCUT2D eigenvalue weighted by molar-refractivity contribution is 7.92. The molecule has 0 bridgehead atoms. The predicted molar refractivity (Wildman–Crippen MR) is 193 cm³/mol. The van der Waals surface area contributed by atoms with Gasteiger partial charge in [0.2, 0.25) is 11.8 Å². The Morgan fingerprint density at radius 2 is 1.50 bits per heavy atom. The van der Waals surface area contributed by atoms with Crippen LogP contribution in [0.1, 0.15) is 48.8 Å². The predicted octanol–water partition coefficient (Wildman–Crippen LogP) is 8.24. The van der Waals surface area contributed by atoms with Crippen molar-refractivity contribution in [2.24, 2.45) is 0 Å². The maximum absolute atomic E-state index is 14.7. The minimum atomic E-state index is -4.24. The Morgan fingerprint density at radius 1 is 0.833 bits per heavy atom. The molecule has 0 spiro atoms. The summed E-state index contributed by atoms with van der Waals surface area (Å²) in [4.78, 5) is 30.4. The lowest BCUT2D eigenvalue weighted by atomic mass is 9.94. The third-order valence-corrected chi connectivity index (χ3v) is 11.4. The summed E-state index contributed by atoms with van der Waals surface area (Å²) in [5, 5.41) is 4.31. The van der Waals surface area contributed by atoms with Crippen molar-refractivity contribution < 1.29 is 18.0 Å². The van der Waals surface area contributed by atoms with Gasteiger partial charge in [-0.15, -0.1) is 0 Å². The third kappa shape index (κ3) is 8.91. The molecule has 1 fully saturated rings. The Bertz CT molecular complexity index is 1840. The lowest BCUT2D eigenvalue weighted by molar-refractivity contribution is -0.140. The van der Waals surface area contributed by atoms with E-state index in [1.165, 1.54) is 23.1 Å². The van der Waals surface area contributed by atoms with Crippen LogP contribution in [-0.2, 0) is 32.6 Å². The first-order valence-corrected chi connectivity index (χ1v) is 18.5. The van der Waals surface area contributed by atoms with E-state index in [9.17, 15) is 18.0 Å². The summed E-state index contributed by atoms with van der Waals surface area (Å²) in [6, 6.07) is 26.2. The second kappa shape index (κ2) is 16.2. The molecule has 11 heteroatoms. The fourth-order valence-electron chi connectivity index (χ4n) is 5.92. The number of nitrogens with one attached hydrogen (secondary N) is 1. The SMILES string of the molecule is Cc1ccc(N(CC(=O)N(Cc2ccc(Cl)cc2Cl)[C@@H](Cc2ccccc2)C(=O)NC2CCCCC2)S(=O)(=O)c2ccccc2)cc1Cl. The van der Waals surface area contributed by atoms with Crippen molar-refractivity contribution in [1.29, 1.82) is 0 Å². The number of rotatable bonds is 12. The molecule has 2 amide bonds. The standard InChI is InChI=1S/C37H38Cl3N3O4S/c1-26-17-20-31(23-33(26)39)43(48(46,47)32-15-9-4-10-16-32)25-36(44)42(24-28-18-19-29(38)22-34(28)40)35(21-27-11-5-2-6-12-27)37(45)41-30-13-7-3-8-14-30/h2,4-6,9-12,15-20,22-23,30,35H,3,7-8,13-14,21,24-25H2,1H3,(H,41,45)/t35-/m0/s1. The summed E-state index contributed by atoms with van der Waals surface area (Å²) in [7, 11) is -4.24. The van der Waals surface area contributed by atoms with Crippen LogP contribution in [0.3, 0.4) is 0 Å². The summed E-state index contributed by atoms with van der Waals surface area (Å²) in [6.07, 6.45) is 5.08. The number of sulfonamides is 1. The van der Waals surface area contributed by atoms with Gasteiger partial charge in [0, 0.05) is 34.1 Å². The van der Waals surface area contributed by atoms with Crippen LogP contribution in [-0.4, -0.2) is 43.8 Å². The molecule has 252 valence electrons. The van der Waals surface area contributed by atoms with Crippen LogP contribution in [0, 0.1) is 6.92 Å². The van der Waals surface area contributed by atoms with E-state index < -0.39 is 28.5 Å². The van der Waals surface area contributed by atoms with Gasteiger partial charge in [-0.1, -0.05) is 115 Å². The number of anilines is 1. The van der Waals surface area contributed by atoms with Crippen LogP contribution < -0.4 is 9.62 Å². The summed E-state index contributed by atoms with van der Waals surface area (Å²) in [5.41, 5.74) is 2.39. The molecular formula is C37H38Cl3N3O4S. The van der Waals surface area contributed by atoms with Gasteiger partial charge in [-0.3, -0.25) is 13.9 Å². The fourth-order valence-corrected chi connectivity index (χ4v) is 7.99. The Balaban J connectivity index is 1.59. The van der Waals surface area contributed by atoms with E-state index in [4.69, 9.17) is 34.8 Å². The first-order chi connectivity index (χ1) is 23.0. The van der Waals surface area contributed by atoms with E-state index in [0.29, 0.717) is 20.6 Å². The van der Waals surface area contributed by atoms with Crippen LogP contribution >= 0.6 is 34.8 Å². The Labute approximate surface area is 297 Å². The van der Waals surface area contributed by atoms with Gasteiger partial charge in [-0.05, 0) is 72.9 Å². The number of aryl methyl sites for hydroxylation is 1. The second-order valence-electron chi connectivity index (χ2n) is 12.1. The highest BCUT2D eigenvalue weighted by atomic mass is 35.5. The topological polar surface area (TPSA) is 86.8 Å². The van der Waals surface area contributed by atoms with Gasteiger partial charge >= 0.3 is 0 Å². The number of carbonyl (C=O) groups excluding carboxylic acids is 2. The van der Waals surface area contributed by atoms with Crippen molar-refractivity contribution in [3.05, 3.63) is 129 Å². The molecule has 1 aliphatic rings. The number of carbonyl (C=O) groups is 2. The van der Waals surface area contributed by atoms with E-state index in [1.807, 2.05) is 37.3 Å². The fraction of sp³-hybridized carbons (Fsp3) is 0.297. The molecule has 1 atom stereocenters. The molecule has 0 heterocycles. The van der Waals surface area contributed by atoms with Gasteiger partial charge in [0.05, 0.1) is 10.6 Å². The maximum Gasteiger partial charge on any atom is 0.264 e. The zero-order valence-electron chi connectivity index (χ0n) is 26.6. The first kappa shape index (κ1) is 35.7. The van der Waals surface area contributed by atoms with Crippen molar-refractivity contribution in [2.75, 3.05) is 10.8 Å². The van der Waals surface area contributed by atoms with Crippen LogP contribution in [0.5, 0.6) is 0 Å². The van der Waals surface area contributed by atoms with Crippen molar-refractivity contribution in [1.82, 2.24) is 10.2 Å².